The fourth-order valence-electron chi connectivity index (χ4n) is 1.36. The van der Waals surface area contributed by atoms with Crippen LogP contribution in [-0.2, 0) is 6.42 Å². The van der Waals surface area contributed by atoms with Crippen molar-refractivity contribution in [2.75, 3.05) is 6.61 Å². The first-order chi connectivity index (χ1) is 5.77. The molecule has 0 unspecified atom stereocenters. The molecule has 0 fully saturated rings. The molecule has 0 aromatic heterocycles. The van der Waals surface area contributed by atoms with E-state index in [2.05, 4.69) is 0 Å². The lowest BCUT2D eigenvalue weighted by Crippen LogP contribution is -2.07. The number of hydrogen-bond donors (Lipinski definition) is 1. The van der Waals surface area contributed by atoms with Crippen molar-refractivity contribution in [2.45, 2.75) is 12.8 Å². The number of rotatable bonds is 0. The van der Waals surface area contributed by atoms with Crippen molar-refractivity contribution < 1.29 is 9.84 Å². The number of benzene rings is 1. The smallest absolute Gasteiger partial charge is 0.137 e. The Morgan fingerprint density at radius 3 is 3.08 bits per heavy atom. The van der Waals surface area contributed by atoms with E-state index in [0.29, 0.717) is 5.02 Å². The molecule has 0 radical (unpaired) electrons. The molecule has 64 valence electrons. The summed E-state index contributed by atoms with van der Waals surface area (Å²) < 4.78 is 5.34. The third-order valence-electron chi connectivity index (χ3n) is 1.98. The fraction of sp³-hybridized carbons (Fsp3) is 0.333. The normalized spacial score (nSPS) is 15.1. The second kappa shape index (κ2) is 2.87. The zero-order valence-electron chi connectivity index (χ0n) is 6.51. The minimum absolute atomic E-state index is 0.0947. The summed E-state index contributed by atoms with van der Waals surface area (Å²) in [5.41, 5.74) is 1.09. The lowest BCUT2D eigenvalue weighted by Gasteiger charge is -2.17. The van der Waals surface area contributed by atoms with Gasteiger partial charge in [0.25, 0.3) is 0 Å². The zero-order chi connectivity index (χ0) is 8.55. The average molecular weight is 185 g/mol. The fourth-order valence-corrected chi connectivity index (χ4v) is 1.54. The van der Waals surface area contributed by atoms with Crippen molar-refractivity contribution in [3.05, 3.63) is 22.7 Å². The van der Waals surface area contributed by atoms with Gasteiger partial charge in [-0.1, -0.05) is 11.6 Å². The van der Waals surface area contributed by atoms with Gasteiger partial charge in [0, 0.05) is 6.07 Å². The Morgan fingerprint density at radius 2 is 2.25 bits per heavy atom. The number of hydrogen-bond acceptors (Lipinski definition) is 2. The van der Waals surface area contributed by atoms with Gasteiger partial charge in [-0.05, 0) is 24.5 Å². The van der Waals surface area contributed by atoms with Crippen LogP contribution in [0.1, 0.15) is 12.0 Å². The molecule has 0 atom stereocenters. The Hall–Kier alpha value is -0.890. The third-order valence-corrected chi connectivity index (χ3v) is 2.28. The van der Waals surface area contributed by atoms with Crippen LogP contribution in [0.3, 0.4) is 0 Å². The molecule has 0 aliphatic carbocycles. The molecule has 1 aliphatic heterocycles. The molecule has 0 spiro atoms. The average Bonchev–Trinajstić information content (AvgIpc) is 2.07. The van der Waals surface area contributed by atoms with E-state index in [1.165, 1.54) is 0 Å². The van der Waals surface area contributed by atoms with E-state index in [4.69, 9.17) is 16.3 Å². The summed E-state index contributed by atoms with van der Waals surface area (Å²) in [5.74, 6) is 0.862. The van der Waals surface area contributed by atoms with Crippen LogP contribution in [0.15, 0.2) is 12.1 Å². The minimum atomic E-state index is 0.0947. The maximum Gasteiger partial charge on any atom is 0.137 e. The third kappa shape index (κ3) is 1.23. The Morgan fingerprint density at radius 1 is 1.42 bits per heavy atom. The van der Waals surface area contributed by atoms with Gasteiger partial charge in [-0.2, -0.15) is 0 Å². The molecule has 2 nitrogen and oxygen atoms in total. The molecule has 1 aliphatic rings. The molecular formula is C9H9ClO2. The first-order valence-electron chi connectivity index (χ1n) is 3.91. The van der Waals surface area contributed by atoms with E-state index in [9.17, 15) is 5.11 Å². The number of fused-ring (bicyclic) bond motifs is 1. The minimum Gasteiger partial charge on any atom is -0.506 e. The van der Waals surface area contributed by atoms with Crippen molar-refractivity contribution in [3.8, 4) is 11.5 Å². The molecule has 2 rings (SSSR count). The molecule has 3 heteroatoms. The first-order valence-corrected chi connectivity index (χ1v) is 4.29. The monoisotopic (exact) mass is 184 g/mol. The number of phenolic OH excluding ortho intramolecular Hbond substituents is 1. The topological polar surface area (TPSA) is 29.5 Å². The lowest BCUT2D eigenvalue weighted by atomic mass is 10.1. The van der Waals surface area contributed by atoms with E-state index >= 15 is 0 Å². The van der Waals surface area contributed by atoms with Gasteiger partial charge >= 0.3 is 0 Å². The van der Waals surface area contributed by atoms with Crippen LogP contribution >= 0.6 is 11.6 Å². The maximum atomic E-state index is 9.26. The molecule has 1 heterocycles. The summed E-state index contributed by atoms with van der Waals surface area (Å²) in [5, 5.41) is 9.67. The van der Waals surface area contributed by atoms with Crippen LogP contribution in [0.4, 0.5) is 0 Å². The summed E-state index contributed by atoms with van der Waals surface area (Å²) in [4.78, 5) is 0. The Bertz CT molecular complexity index is 279. The number of aryl methyl sites for hydroxylation is 1. The first kappa shape index (κ1) is 7.74. The van der Waals surface area contributed by atoms with E-state index < -0.39 is 0 Å². The van der Waals surface area contributed by atoms with Crippen molar-refractivity contribution in [2.24, 2.45) is 0 Å². The zero-order valence-corrected chi connectivity index (χ0v) is 7.27. The van der Waals surface area contributed by atoms with Gasteiger partial charge in [-0.25, -0.2) is 0 Å². The van der Waals surface area contributed by atoms with Crippen LogP contribution < -0.4 is 4.74 Å². The second-order valence-corrected chi connectivity index (χ2v) is 3.27. The lowest BCUT2D eigenvalue weighted by molar-refractivity contribution is 0.286. The second-order valence-electron chi connectivity index (χ2n) is 2.86. The molecule has 1 N–H and O–H groups in total. The van der Waals surface area contributed by atoms with Crippen LogP contribution in [0.2, 0.25) is 5.02 Å². The highest BCUT2D eigenvalue weighted by Gasteiger charge is 2.12. The van der Waals surface area contributed by atoms with Gasteiger partial charge in [0.1, 0.15) is 11.5 Å². The van der Waals surface area contributed by atoms with Gasteiger partial charge < -0.3 is 9.84 Å². The number of aromatic hydroxyl groups is 1. The largest absolute Gasteiger partial charge is 0.506 e. The van der Waals surface area contributed by atoms with E-state index in [1.807, 2.05) is 0 Å². The molecule has 12 heavy (non-hydrogen) atoms. The molecular weight excluding hydrogens is 176 g/mol. The van der Waals surface area contributed by atoms with Gasteiger partial charge in [-0.3, -0.25) is 0 Å². The predicted octanol–water partition coefficient (Wildman–Crippen LogP) is 2.37. The standard InChI is InChI=1S/C9H9ClO2/c10-7-4-6-2-1-3-12-9(6)5-8(7)11/h4-5,11H,1-3H2. The van der Waals surface area contributed by atoms with Crippen molar-refractivity contribution in [3.63, 3.8) is 0 Å². The summed E-state index contributed by atoms with van der Waals surface area (Å²) in [6.07, 6.45) is 2.00. The number of halogens is 1. The molecule has 1 aromatic rings. The van der Waals surface area contributed by atoms with Crippen LogP contribution in [-0.4, -0.2) is 11.7 Å². The predicted molar refractivity (Wildman–Crippen MR) is 46.9 cm³/mol. The van der Waals surface area contributed by atoms with Crippen molar-refractivity contribution in [1.82, 2.24) is 0 Å². The summed E-state index contributed by atoms with van der Waals surface area (Å²) in [6, 6.07) is 3.35. The molecule has 1 aromatic carbocycles. The van der Waals surface area contributed by atoms with Gasteiger partial charge in [0.05, 0.1) is 11.6 Å². The Kier molecular flexibility index (Phi) is 1.85. The summed E-state index contributed by atoms with van der Waals surface area (Å²) in [6.45, 7) is 0.730. The highest BCUT2D eigenvalue weighted by Crippen LogP contribution is 2.34. The summed E-state index contributed by atoms with van der Waals surface area (Å²) >= 11 is 5.74. The highest BCUT2D eigenvalue weighted by atomic mass is 35.5. The van der Waals surface area contributed by atoms with Crippen LogP contribution in [0.25, 0.3) is 0 Å². The van der Waals surface area contributed by atoms with Crippen LogP contribution in [0.5, 0.6) is 11.5 Å². The van der Waals surface area contributed by atoms with Crippen molar-refractivity contribution >= 4 is 11.6 Å². The maximum absolute atomic E-state index is 9.26. The Balaban J connectivity index is 2.49. The highest BCUT2D eigenvalue weighted by molar-refractivity contribution is 6.32. The number of ether oxygens (including phenoxy) is 1. The SMILES string of the molecule is Oc1cc2c(cc1Cl)CCCO2. The summed E-state index contributed by atoms with van der Waals surface area (Å²) in [7, 11) is 0. The van der Waals surface area contributed by atoms with E-state index in [1.54, 1.807) is 12.1 Å². The van der Waals surface area contributed by atoms with Gasteiger partial charge in [0.15, 0.2) is 0 Å². The Labute approximate surface area is 75.7 Å². The molecule has 0 bridgehead atoms. The van der Waals surface area contributed by atoms with Crippen molar-refractivity contribution in [1.29, 1.82) is 0 Å². The van der Waals surface area contributed by atoms with Gasteiger partial charge in [0.2, 0.25) is 0 Å². The molecule has 0 amide bonds. The quantitative estimate of drug-likeness (QED) is 0.671. The molecule has 0 saturated heterocycles. The van der Waals surface area contributed by atoms with Crippen LogP contribution in [0, 0.1) is 0 Å². The number of phenols is 1. The van der Waals surface area contributed by atoms with E-state index in [-0.39, 0.29) is 5.75 Å². The van der Waals surface area contributed by atoms with Gasteiger partial charge in [-0.15, -0.1) is 0 Å². The molecule has 0 saturated carbocycles. The van der Waals surface area contributed by atoms with E-state index in [0.717, 1.165) is 30.8 Å².